The van der Waals surface area contributed by atoms with Gasteiger partial charge in [-0.05, 0) is 31.0 Å². The third kappa shape index (κ3) is 9.06. The van der Waals surface area contributed by atoms with Crippen LogP contribution in [-0.4, -0.2) is 33.6 Å². The lowest BCUT2D eigenvalue weighted by molar-refractivity contribution is 0.0495. The van der Waals surface area contributed by atoms with E-state index in [0.29, 0.717) is 0 Å². The fourth-order valence-corrected chi connectivity index (χ4v) is 3.33. The number of benzene rings is 1. The molecule has 0 heterocycles. The zero-order valence-electron chi connectivity index (χ0n) is 16.5. The third-order valence-corrected chi connectivity index (χ3v) is 5.45. The molecule has 0 atom stereocenters. The van der Waals surface area contributed by atoms with E-state index in [4.69, 9.17) is 20.2 Å². The smallest absolute Gasteiger partial charge is 0.338 e. The second-order valence-electron chi connectivity index (χ2n) is 6.58. The van der Waals surface area contributed by atoms with Crippen molar-refractivity contribution in [3.05, 3.63) is 29.3 Å². The maximum Gasteiger partial charge on any atom is 0.338 e. The molecule has 0 aliphatic carbocycles. The standard InChI is InChI=1S/C20H29ClO6S/c1-3-5-7-9-11-26-19(22)16-13-17(15-18(14-16)28(21,24)25)20(23)27-12-10-8-6-4-2/h13-15H,3-12H2,1-2H3. The van der Waals surface area contributed by atoms with Crippen molar-refractivity contribution in [2.24, 2.45) is 0 Å². The largest absolute Gasteiger partial charge is 0.462 e. The molecule has 0 spiro atoms. The topological polar surface area (TPSA) is 86.7 Å². The van der Waals surface area contributed by atoms with E-state index in [1.54, 1.807) is 0 Å². The van der Waals surface area contributed by atoms with Crippen molar-refractivity contribution in [3.8, 4) is 0 Å². The highest BCUT2D eigenvalue weighted by Crippen LogP contribution is 2.21. The molecule has 0 aromatic heterocycles. The summed E-state index contributed by atoms with van der Waals surface area (Å²) >= 11 is 0. The molecule has 0 saturated heterocycles. The number of ether oxygens (including phenoxy) is 2. The average molecular weight is 433 g/mol. The van der Waals surface area contributed by atoms with Crippen molar-refractivity contribution in [2.75, 3.05) is 13.2 Å². The van der Waals surface area contributed by atoms with Crippen LogP contribution >= 0.6 is 10.7 Å². The first kappa shape index (κ1) is 24.4. The minimum absolute atomic E-state index is 0.0462. The zero-order valence-corrected chi connectivity index (χ0v) is 18.1. The Hall–Kier alpha value is -1.60. The molecule has 0 aliphatic rings. The van der Waals surface area contributed by atoms with E-state index >= 15 is 0 Å². The normalized spacial score (nSPS) is 11.2. The summed E-state index contributed by atoms with van der Waals surface area (Å²) in [7, 11) is 1.28. The van der Waals surface area contributed by atoms with Crippen molar-refractivity contribution in [2.45, 2.75) is 70.1 Å². The molecule has 0 aliphatic heterocycles. The summed E-state index contributed by atoms with van der Waals surface area (Å²) in [4.78, 5) is 24.2. The number of hydrogen-bond acceptors (Lipinski definition) is 6. The lowest BCUT2D eigenvalue weighted by atomic mass is 10.1. The van der Waals surface area contributed by atoms with E-state index in [1.807, 2.05) is 0 Å². The summed E-state index contributed by atoms with van der Waals surface area (Å²) in [5.41, 5.74) is -0.0923. The lowest BCUT2D eigenvalue weighted by Crippen LogP contribution is -2.12. The molecule has 158 valence electrons. The molecule has 0 radical (unpaired) electrons. The van der Waals surface area contributed by atoms with Crippen LogP contribution in [0.5, 0.6) is 0 Å². The van der Waals surface area contributed by atoms with E-state index in [1.165, 1.54) is 6.07 Å². The van der Waals surface area contributed by atoms with Gasteiger partial charge in [0.2, 0.25) is 0 Å². The number of halogens is 1. The van der Waals surface area contributed by atoms with Crippen LogP contribution in [0.2, 0.25) is 0 Å². The van der Waals surface area contributed by atoms with Gasteiger partial charge >= 0.3 is 11.9 Å². The number of esters is 2. The molecule has 1 aromatic rings. The maximum absolute atomic E-state index is 12.3. The zero-order chi connectivity index (χ0) is 21.0. The van der Waals surface area contributed by atoms with Crippen molar-refractivity contribution >= 4 is 31.7 Å². The van der Waals surface area contributed by atoms with E-state index in [2.05, 4.69) is 13.8 Å². The summed E-state index contributed by atoms with van der Waals surface area (Å²) in [5.74, 6) is -1.40. The number of hydrogen-bond donors (Lipinski definition) is 0. The SMILES string of the molecule is CCCCCCOC(=O)c1cc(C(=O)OCCCCCC)cc(S(=O)(=O)Cl)c1. The summed E-state index contributed by atoms with van der Waals surface area (Å²) in [5, 5.41) is 0. The molecule has 1 rings (SSSR count). The molecule has 0 amide bonds. The van der Waals surface area contributed by atoms with E-state index in [0.717, 1.165) is 63.5 Å². The van der Waals surface area contributed by atoms with Crippen molar-refractivity contribution < 1.29 is 27.5 Å². The molecule has 1 aromatic carbocycles. The number of unbranched alkanes of at least 4 members (excludes halogenated alkanes) is 6. The summed E-state index contributed by atoms with van der Waals surface area (Å²) in [6.07, 6.45) is 7.54. The summed E-state index contributed by atoms with van der Waals surface area (Å²) in [6.45, 7) is 4.62. The van der Waals surface area contributed by atoms with Crippen LogP contribution in [-0.2, 0) is 18.5 Å². The van der Waals surface area contributed by atoms with E-state index < -0.39 is 21.0 Å². The number of carbonyl (C=O) groups excluding carboxylic acids is 2. The number of rotatable bonds is 13. The first-order valence-electron chi connectivity index (χ1n) is 9.73. The highest BCUT2D eigenvalue weighted by molar-refractivity contribution is 8.13. The Labute approximate surface area is 172 Å². The minimum atomic E-state index is -4.12. The molecule has 0 fully saturated rings. The van der Waals surface area contributed by atoms with Crippen LogP contribution in [0.15, 0.2) is 23.1 Å². The van der Waals surface area contributed by atoms with E-state index in [-0.39, 0.29) is 29.2 Å². The van der Waals surface area contributed by atoms with Gasteiger partial charge < -0.3 is 9.47 Å². The first-order valence-corrected chi connectivity index (χ1v) is 12.0. The Morgan fingerprint density at radius 2 is 1.21 bits per heavy atom. The number of carbonyl (C=O) groups is 2. The summed E-state index contributed by atoms with van der Waals surface area (Å²) < 4.78 is 33.8. The fourth-order valence-electron chi connectivity index (χ4n) is 2.53. The predicted molar refractivity (Wildman–Crippen MR) is 108 cm³/mol. The maximum atomic E-state index is 12.3. The molecule has 8 heteroatoms. The third-order valence-electron chi connectivity index (χ3n) is 4.12. The molecule has 6 nitrogen and oxygen atoms in total. The van der Waals surface area contributed by atoms with Gasteiger partial charge in [-0.3, -0.25) is 0 Å². The minimum Gasteiger partial charge on any atom is -0.462 e. The Balaban J connectivity index is 2.85. The average Bonchev–Trinajstić information content (AvgIpc) is 2.66. The van der Waals surface area contributed by atoms with Gasteiger partial charge in [-0.1, -0.05) is 52.4 Å². The van der Waals surface area contributed by atoms with Crippen molar-refractivity contribution in [1.29, 1.82) is 0 Å². The molecular weight excluding hydrogens is 404 g/mol. The van der Waals surface area contributed by atoms with Gasteiger partial charge in [-0.15, -0.1) is 0 Å². The lowest BCUT2D eigenvalue weighted by Gasteiger charge is -2.09. The van der Waals surface area contributed by atoms with Crippen LogP contribution < -0.4 is 0 Å². The van der Waals surface area contributed by atoms with Crippen LogP contribution in [0.1, 0.15) is 85.9 Å². The fraction of sp³-hybridized carbons (Fsp3) is 0.600. The second-order valence-corrected chi connectivity index (χ2v) is 9.14. The second kappa shape index (κ2) is 12.8. The van der Waals surface area contributed by atoms with Gasteiger partial charge in [-0.25, -0.2) is 18.0 Å². The molecular formula is C20H29ClO6S. The quantitative estimate of drug-likeness (QED) is 0.245. The van der Waals surface area contributed by atoms with Crippen LogP contribution in [0.25, 0.3) is 0 Å². The molecule has 0 N–H and O–H groups in total. The Kier molecular flexibility index (Phi) is 11.2. The van der Waals surface area contributed by atoms with Crippen LogP contribution in [0.4, 0.5) is 0 Å². The highest BCUT2D eigenvalue weighted by atomic mass is 35.7. The molecule has 28 heavy (non-hydrogen) atoms. The van der Waals surface area contributed by atoms with Gasteiger partial charge in [-0.2, -0.15) is 0 Å². The van der Waals surface area contributed by atoms with Gasteiger partial charge in [0.15, 0.2) is 0 Å². The molecule has 0 saturated carbocycles. The van der Waals surface area contributed by atoms with Crippen molar-refractivity contribution in [1.82, 2.24) is 0 Å². The monoisotopic (exact) mass is 432 g/mol. The molecule has 0 unspecified atom stereocenters. The van der Waals surface area contributed by atoms with Crippen LogP contribution in [0, 0.1) is 0 Å². The molecule has 0 bridgehead atoms. The highest BCUT2D eigenvalue weighted by Gasteiger charge is 2.20. The van der Waals surface area contributed by atoms with Gasteiger partial charge in [0, 0.05) is 10.7 Å². The first-order chi connectivity index (χ1) is 13.3. The Morgan fingerprint density at radius 3 is 1.57 bits per heavy atom. The van der Waals surface area contributed by atoms with Gasteiger partial charge in [0.1, 0.15) is 0 Å². The van der Waals surface area contributed by atoms with Gasteiger partial charge in [0.05, 0.1) is 29.2 Å². The Morgan fingerprint density at radius 1 is 0.786 bits per heavy atom. The van der Waals surface area contributed by atoms with Crippen molar-refractivity contribution in [3.63, 3.8) is 0 Å². The van der Waals surface area contributed by atoms with Gasteiger partial charge in [0.25, 0.3) is 9.05 Å². The summed E-state index contributed by atoms with van der Waals surface area (Å²) in [6, 6.07) is 3.48. The van der Waals surface area contributed by atoms with E-state index in [9.17, 15) is 18.0 Å². The van der Waals surface area contributed by atoms with Crippen LogP contribution in [0.3, 0.4) is 0 Å². The predicted octanol–water partition coefficient (Wildman–Crippen LogP) is 5.09. The Bertz CT molecular complexity index is 701.